The van der Waals surface area contributed by atoms with Gasteiger partial charge in [0.15, 0.2) is 5.17 Å². The molecule has 2 nitrogen and oxygen atoms in total. The number of nitrogens with zero attached hydrogens (tertiary/aromatic N) is 1. The van der Waals surface area contributed by atoms with Crippen molar-refractivity contribution in [1.82, 2.24) is 5.32 Å². The Morgan fingerprint density at radius 1 is 1.38 bits per heavy atom. The highest BCUT2D eigenvalue weighted by molar-refractivity contribution is 8.14. The van der Waals surface area contributed by atoms with Gasteiger partial charge in [0.05, 0.1) is 6.54 Å². The lowest BCUT2D eigenvalue weighted by Crippen LogP contribution is -2.37. The van der Waals surface area contributed by atoms with Crippen LogP contribution in [0.15, 0.2) is 4.99 Å². The molecule has 0 spiro atoms. The molecule has 16 heavy (non-hydrogen) atoms. The third-order valence-electron chi connectivity index (χ3n) is 3.84. The zero-order valence-corrected chi connectivity index (χ0v) is 11.6. The van der Waals surface area contributed by atoms with E-state index in [4.69, 9.17) is 0 Å². The van der Waals surface area contributed by atoms with Gasteiger partial charge in [-0.15, -0.1) is 0 Å². The van der Waals surface area contributed by atoms with Crippen LogP contribution >= 0.6 is 11.8 Å². The van der Waals surface area contributed by atoms with E-state index < -0.39 is 0 Å². The van der Waals surface area contributed by atoms with Crippen molar-refractivity contribution in [2.75, 3.05) is 6.54 Å². The maximum absolute atomic E-state index is 4.59. The van der Waals surface area contributed by atoms with Crippen LogP contribution in [-0.4, -0.2) is 23.0 Å². The summed E-state index contributed by atoms with van der Waals surface area (Å²) in [6, 6.07) is 0.676. The highest BCUT2D eigenvalue weighted by Crippen LogP contribution is 2.35. The first-order valence-corrected chi connectivity index (χ1v) is 7.45. The quantitative estimate of drug-likeness (QED) is 0.799. The molecule has 0 radical (unpaired) electrons. The monoisotopic (exact) mass is 240 g/mol. The Labute approximate surface area is 104 Å². The van der Waals surface area contributed by atoms with Gasteiger partial charge in [-0.3, -0.25) is 4.99 Å². The Hall–Kier alpha value is -0.180. The fraction of sp³-hybridized carbons (Fsp3) is 0.923. The number of aliphatic imine (C=N–C) groups is 1. The molecular formula is C13H24N2S. The fourth-order valence-corrected chi connectivity index (χ4v) is 3.44. The smallest absolute Gasteiger partial charge is 0.157 e. The number of rotatable bonds is 2. The lowest BCUT2D eigenvalue weighted by atomic mass is 9.76. The first-order valence-electron chi connectivity index (χ1n) is 6.57. The summed E-state index contributed by atoms with van der Waals surface area (Å²) in [6.07, 6.45) is 6.55. The molecule has 3 heteroatoms. The maximum atomic E-state index is 4.59. The molecule has 92 valence electrons. The molecule has 0 saturated heterocycles. The predicted molar refractivity (Wildman–Crippen MR) is 73.1 cm³/mol. The highest BCUT2D eigenvalue weighted by atomic mass is 32.2. The van der Waals surface area contributed by atoms with E-state index >= 15 is 0 Å². The summed E-state index contributed by atoms with van der Waals surface area (Å²) < 4.78 is 0. The summed E-state index contributed by atoms with van der Waals surface area (Å²) in [5.41, 5.74) is 0.564. The van der Waals surface area contributed by atoms with Gasteiger partial charge >= 0.3 is 0 Å². The predicted octanol–water partition coefficient (Wildman–Crippen LogP) is 3.43. The first-order chi connectivity index (χ1) is 7.59. The molecule has 0 aromatic rings. The Morgan fingerprint density at radius 3 is 2.62 bits per heavy atom. The molecular weight excluding hydrogens is 216 g/mol. The normalized spacial score (nSPS) is 30.2. The van der Waals surface area contributed by atoms with Crippen LogP contribution in [0.1, 0.15) is 52.9 Å². The van der Waals surface area contributed by atoms with Crippen LogP contribution < -0.4 is 5.32 Å². The fourth-order valence-electron chi connectivity index (χ4n) is 2.43. The molecule has 1 fully saturated rings. The molecule has 1 aliphatic carbocycles. The number of amidine groups is 1. The third kappa shape index (κ3) is 3.16. The summed E-state index contributed by atoms with van der Waals surface area (Å²) in [6.45, 7) is 8.04. The van der Waals surface area contributed by atoms with Crippen LogP contribution in [0.2, 0.25) is 0 Å². The van der Waals surface area contributed by atoms with E-state index in [1.54, 1.807) is 0 Å². The van der Waals surface area contributed by atoms with E-state index in [1.807, 2.05) is 11.8 Å². The number of hydrogen-bond donors (Lipinski definition) is 1. The molecule has 1 N–H and O–H groups in total. The Bertz CT molecular complexity index is 263. The number of hydrogen-bond acceptors (Lipinski definition) is 3. The molecule has 1 unspecified atom stereocenters. The SMILES string of the molecule is CCC1CN=C(NC2CCC(C)(C)CC2)S1. The van der Waals surface area contributed by atoms with Gasteiger partial charge in [0, 0.05) is 11.3 Å². The van der Waals surface area contributed by atoms with Crippen LogP contribution in [0.4, 0.5) is 0 Å². The summed E-state index contributed by atoms with van der Waals surface area (Å²) >= 11 is 1.94. The van der Waals surface area contributed by atoms with Gasteiger partial charge in [0.25, 0.3) is 0 Å². The molecule has 0 aromatic carbocycles. The van der Waals surface area contributed by atoms with Gasteiger partial charge in [0.2, 0.25) is 0 Å². The molecule has 1 atom stereocenters. The zero-order chi connectivity index (χ0) is 11.6. The van der Waals surface area contributed by atoms with Crippen LogP contribution in [0, 0.1) is 5.41 Å². The second kappa shape index (κ2) is 4.99. The van der Waals surface area contributed by atoms with Crippen molar-refractivity contribution in [1.29, 1.82) is 0 Å². The minimum atomic E-state index is 0.564. The van der Waals surface area contributed by atoms with Crippen molar-refractivity contribution in [2.45, 2.75) is 64.2 Å². The third-order valence-corrected chi connectivity index (χ3v) is 5.12. The summed E-state index contributed by atoms with van der Waals surface area (Å²) in [5.74, 6) is 0. The van der Waals surface area contributed by atoms with Gasteiger partial charge in [-0.05, 0) is 37.5 Å². The second-order valence-corrected chi connectivity index (χ2v) is 7.17. The van der Waals surface area contributed by atoms with E-state index in [0.29, 0.717) is 11.5 Å². The highest BCUT2D eigenvalue weighted by Gasteiger charge is 2.28. The van der Waals surface area contributed by atoms with E-state index in [1.165, 1.54) is 37.3 Å². The topological polar surface area (TPSA) is 24.4 Å². The van der Waals surface area contributed by atoms with E-state index in [2.05, 4.69) is 31.1 Å². The summed E-state index contributed by atoms with van der Waals surface area (Å²) in [7, 11) is 0. The van der Waals surface area contributed by atoms with Crippen LogP contribution in [0.3, 0.4) is 0 Å². The largest absolute Gasteiger partial charge is 0.362 e. The summed E-state index contributed by atoms with van der Waals surface area (Å²) in [4.78, 5) is 4.59. The van der Waals surface area contributed by atoms with Crippen molar-refractivity contribution in [2.24, 2.45) is 10.4 Å². The van der Waals surface area contributed by atoms with Crippen molar-refractivity contribution >= 4 is 16.9 Å². The van der Waals surface area contributed by atoms with Crippen molar-refractivity contribution in [3.63, 3.8) is 0 Å². The zero-order valence-electron chi connectivity index (χ0n) is 10.8. The van der Waals surface area contributed by atoms with Crippen molar-refractivity contribution < 1.29 is 0 Å². The lowest BCUT2D eigenvalue weighted by molar-refractivity contribution is 0.217. The summed E-state index contributed by atoms with van der Waals surface area (Å²) in [5, 5.41) is 5.56. The molecule has 2 rings (SSSR count). The van der Waals surface area contributed by atoms with E-state index in [0.717, 1.165) is 11.8 Å². The standard InChI is InChI=1S/C13H24N2S/c1-4-11-9-14-12(16-11)15-10-5-7-13(2,3)8-6-10/h10-11H,4-9H2,1-3H3,(H,14,15). The Morgan fingerprint density at radius 2 is 2.06 bits per heavy atom. The molecule has 1 heterocycles. The van der Waals surface area contributed by atoms with Gasteiger partial charge in [-0.25, -0.2) is 0 Å². The minimum absolute atomic E-state index is 0.564. The average Bonchev–Trinajstić information content (AvgIpc) is 2.69. The van der Waals surface area contributed by atoms with Gasteiger partial charge < -0.3 is 5.32 Å². The molecule has 2 aliphatic rings. The Balaban J connectivity index is 1.75. The van der Waals surface area contributed by atoms with Crippen molar-refractivity contribution in [3.05, 3.63) is 0 Å². The molecule has 0 bridgehead atoms. The average molecular weight is 240 g/mol. The van der Waals surface area contributed by atoms with Crippen LogP contribution in [0.25, 0.3) is 0 Å². The molecule has 1 saturated carbocycles. The lowest BCUT2D eigenvalue weighted by Gasteiger charge is -2.34. The van der Waals surface area contributed by atoms with E-state index in [-0.39, 0.29) is 0 Å². The van der Waals surface area contributed by atoms with Gasteiger partial charge in [-0.1, -0.05) is 32.5 Å². The van der Waals surface area contributed by atoms with Crippen LogP contribution in [0.5, 0.6) is 0 Å². The molecule has 0 aromatic heterocycles. The maximum Gasteiger partial charge on any atom is 0.157 e. The minimum Gasteiger partial charge on any atom is -0.362 e. The number of thioether (sulfide) groups is 1. The van der Waals surface area contributed by atoms with Crippen molar-refractivity contribution in [3.8, 4) is 0 Å². The van der Waals surface area contributed by atoms with Gasteiger partial charge in [0.1, 0.15) is 0 Å². The second-order valence-electron chi connectivity index (χ2n) is 5.88. The van der Waals surface area contributed by atoms with Crippen LogP contribution in [-0.2, 0) is 0 Å². The van der Waals surface area contributed by atoms with E-state index in [9.17, 15) is 0 Å². The van der Waals surface area contributed by atoms with Gasteiger partial charge in [-0.2, -0.15) is 0 Å². The Kier molecular flexibility index (Phi) is 3.83. The number of nitrogens with one attached hydrogen (secondary N) is 1. The first kappa shape index (κ1) is 12.3. The molecule has 0 amide bonds. The molecule has 1 aliphatic heterocycles.